The van der Waals surface area contributed by atoms with Crippen molar-refractivity contribution in [2.45, 2.75) is 33.7 Å². The molecule has 3 rings (SSSR count). The number of nitrogens with one attached hydrogen (secondary N) is 1. The molecule has 0 saturated heterocycles. The van der Waals surface area contributed by atoms with Crippen molar-refractivity contribution in [3.05, 3.63) is 78.1 Å². The number of nitrogens with zero attached hydrogens (tertiary/aromatic N) is 3. The molecular formula is C26H32N4O5. The molecule has 0 radical (unpaired) electrons. The number of aromatic nitrogens is 3. The van der Waals surface area contributed by atoms with Crippen LogP contribution in [0.2, 0.25) is 0 Å². The molecule has 2 aromatic carbocycles. The molecule has 35 heavy (non-hydrogen) atoms. The first kappa shape index (κ1) is 27.1. The van der Waals surface area contributed by atoms with Gasteiger partial charge in [-0.15, -0.1) is 0 Å². The molecule has 9 nitrogen and oxygen atoms in total. The molecule has 0 saturated carbocycles. The molecule has 2 N–H and O–H groups in total. The first-order valence-corrected chi connectivity index (χ1v) is 11.3. The van der Waals surface area contributed by atoms with Gasteiger partial charge in [0.2, 0.25) is 5.95 Å². The molecule has 0 aliphatic heterocycles. The third kappa shape index (κ3) is 10.6. The molecule has 9 heteroatoms. The van der Waals surface area contributed by atoms with Gasteiger partial charge >= 0.3 is 12.0 Å². The summed E-state index contributed by atoms with van der Waals surface area (Å²) in [6.07, 6.45) is 2.25. The van der Waals surface area contributed by atoms with Gasteiger partial charge in [0.05, 0.1) is 13.2 Å². The predicted octanol–water partition coefficient (Wildman–Crippen LogP) is 4.31. The minimum atomic E-state index is -0.211. The molecule has 0 unspecified atom stereocenters. The van der Waals surface area contributed by atoms with E-state index in [1.54, 1.807) is 25.1 Å². The van der Waals surface area contributed by atoms with Crippen LogP contribution in [0.1, 0.15) is 37.7 Å². The lowest BCUT2D eigenvalue weighted by Gasteiger charge is -2.10. The molecule has 0 amide bonds. The number of phenolic OH excluding ortho intramolecular Hbond substituents is 1. The summed E-state index contributed by atoms with van der Waals surface area (Å²) in [7, 11) is 0. The van der Waals surface area contributed by atoms with E-state index in [4.69, 9.17) is 9.47 Å². The number of aromatic hydroxyl groups is 1. The molecule has 0 fully saturated rings. The summed E-state index contributed by atoms with van der Waals surface area (Å²) in [5.41, 5.74) is 2.05. The number of esters is 1. The molecule has 1 heterocycles. The lowest BCUT2D eigenvalue weighted by atomic mass is 10.1. The van der Waals surface area contributed by atoms with E-state index in [1.807, 2.05) is 43.3 Å². The van der Waals surface area contributed by atoms with Crippen molar-refractivity contribution in [1.29, 1.82) is 0 Å². The summed E-state index contributed by atoms with van der Waals surface area (Å²) in [5, 5.41) is 12.6. The minimum absolute atomic E-state index is 0.211. The fraction of sp³-hybridized carbons (Fsp3) is 0.308. The number of benzene rings is 2. The van der Waals surface area contributed by atoms with Gasteiger partial charge < -0.3 is 24.6 Å². The second-order valence-corrected chi connectivity index (χ2v) is 7.16. The van der Waals surface area contributed by atoms with Crippen molar-refractivity contribution in [2.75, 3.05) is 25.1 Å². The first-order valence-electron chi connectivity index (χ1n) is 11.3. The van der Waals surface area contributed by atoms with Crippen LogP contribution in [0.5, 0.6) is 17.5 Å². The Morgan fingerprint density at radius 2 is 1.66 bits per heavy atom. The second-order valence-electron chi connectivity index (χ2n) is 7.16. The Morgan fingerprint density at radius 1 is 0.971 bits per heavy atom. The highest BCUT2D eigenvalue weighted by molar-refractivity contribution is 5.65. The summed E-state index contributed by atoms with van der Waals surface area (Å²) in [5.74, 6) is 1.86. The SMILES string of the molecule is C=CCOc1ccc(Cc2nc(NCc3ccc(O)cc3)nc(OCC)n2)cc1.CCOC(C)=O. The van der Waals surface area contributed by atoms with Gasteiger partial charge in [0.1, 0.15) is 23.9 Å². The standard InChI is InChI=1S/C22H24N4O3.C4H8O2/c1-3-13-29-19-11-7-16(8-12-19)14-20-24-21(26-22(25-20)28-4-2)23-15-17-5-9-18(27)10-6-17;1-3-6-4(2)5/h3,5-12,27H,1,4,13-15H2,2H3,(H,23,24,25,26);3H2,1-2H3. The summed E-state index contributed by atoms with van der Waals surface area (Å²) >= 11 is 0. The molecular weight excluding hydrogens is 448 g/mol. The van der Waals surface area contributed by atoms with E-state index in [1.165, 1.54) is 6.92 Å². The maximum Gasteiger partial charge on any atom is 0.321 e. The Kier molecular flexibility index (Phi) is 11.5. The number of phenols is 1. The summed E-state index contributed by atoms with van der Waals surface area (Å²) in [4.78, 5) is 23.0. The van der Waals surface area contributed by atoms with Gasteiger partial charge in [-0.3, -0.25) is 4.79 Å². The van der Waals surface area contributed by atoms with E-state index in [-0.39, 0.29) is 17.7 Å². The van der Waals surface area contributed by atoms with E-state index in [0.717, 1.165) is 16.9 Å². The van der Waals surface area contributed by atoms with Crippen molar-refractivity contribution in [3.8, 4) is 17.5 Å². The number of hydrogen-bond donors (Lipinski definition) is 2. The van der Waals surface area contributed by atoms with E-state index < -0.39 is 0 Å². The van der Waals surface area contributed by atoms with Gasteiger partial charge in [-0.05, 0) is 49.2 Å². The topological polar surface area (TPSA) is 116 Å². The van der Waals surface area contributed by atoms with Crippen molar-refractivity contribution in [3.63, 3.8) is 0 Å². The van der Waals surface area contributed by atoms with E-state index in [0.29, 0.717) is 44.6 Å². The summed E-state index contributed by atoms with van der Waals surface area (Å²) < 4.78 is 15.4. The largest absolute Gasteiger partial charge is 0.508 e. The van der Waals surface area contributed by atoms with Gasteiger partial charge in [-0.25, -0.2) is 0 Å². The van der Waals surface area contributed by atoms with Gasteiger partial charge in [0.15, 0.2) is 0 Å². The average Bonchev–Trinajstić information content (AvgIpc) is 2.84. The fourth-order valence-electron chi connectivity index (χ4n) is 2.79. The zero-order valence-electron chi connectivity index (χ0n) is 20.4. The Hall–Kier alpha value is -4.14. The fourth-order valence-corrected chi connectivity index (χ4v) is 2.79. The lowest BCUT2D eigenvalue weighted by molar-refractivity contribution is -0.140. The van der Waals surface area contributed by atoms with E-state index in [9.17, 15) is 9.90 Å². The predicted molar refractivity (Wildman–Crippen MR) is 134 cm³/mol. The van der Waals surface area contributed by atoms with Crippen LogP contribution in [0, 0.1) is 0 Å². The molecule has 3 aromatic rings. The quantitative estimate of drug-likeness (QED) is 0.306. The second kappa shape index (κ2) is 14.9. The van der Waals surface area contributed by atoms with Crippen LogP contribution < -0.4 is 14.8 Å². The number of carbonyl (C=O) groups is 1. The molecule has 0 spiro atoms. The Balaban J connectivity index is 0.000000641. The van der Waals surface area contributed by atoms with Gasteiger partial charge in [-0.2, -0.15) is 15.0 Å². The highest BCUT2D eigenvalue weighted by atomic mass is 16.5. The molecule has 0 atom stereocenters. The monoisotopic (exact) mass is 480 g/mol. The lowest BCUT2D eigenvalue weighted by Crippen LogP contribution is -2.10. The molecule has 186 valence electrons. The highest BCUT2D eigenvalue weighted by Gasteiger charge is 2.09. The molecule has 0 bridgehead atoms. The smallest absolute Gasteiger partial charge is 0.321 e. The van der Waals surface area contributed by atoms with Gasteiger partial charge in [0.25, 0.3) is 0 Å². The van der Waals surface area contributed by atoms with Crippen LogP contribution in [0.15, 0.2) is 61.2 Å². The molecule has 0 aliphatic carbocycles. The highest BCUT2D eigenvalue weighted by Crippen LogP contribution is 2.17. The average molecular weight is 481 g/mol. The van der Waals surface area contributed by atoms with Crippen LogP contribution in [-0.4, -0.2) is 45.8 Å². The van der Waals surface area contributed by atoms with E-state index >= 15 is 0 Å². The third-order valence-corrected chi connectivity index (χ3v) is 4.32. The van der Waals surface area contributed by atoms with Crippen molar-refractivity contribution >= 4 is 11.9 Å². The number of ether oxygens (including phenoxy) is 3. The Morgan fingerprint density at radius 3 is 2.23 bits per heavy atom. The minimum Gasteiger partial charge on any atom is -0.508 e. The number of carbonyl (C=O) groups excluding carboxylic acids is 1. The van der Waals surface area contributed by atoms with Crippen LogP contribution in [0.3, 0.4) is 0 Å². The number of rotatable bonds is 11. The van der Waals surface area contributed by atoms with Gasteiger partial charge in [0, 0.05) is 19.9 Å². The summed E-state index contributed by atoms with van der Waals surface area (Å²) in [6, 6.07) is 15.0. The van der Waals surface area contributed by atoms with Crippen LogP contribution in [0.4, 0.5) is 5.95 Å². The number of hydrogen-bond acceptors (Lipinski definition) is 9. The normalized spacial score (nSPS) is 9.91. The molecule has 1 aromatic heterocycles. The van der Waals surface area contributed by atoms with Crippen molar-refractivity contribution < 1.29 is 24.1 Å². The van der Waals surface area contributed by atoms with Crippen molar-refractivity contribution in [1.82, 2.24) is 15.0 Å². The maximum atomic E-state index is 9.82. The maximum absolute atomic E-state index is 9.82. The third-order valence-electron chi connectivity index (χ3n) is 4.32. The van der Waals surface area contributed by atoms with E-state index in [2.05, 4.69) is 31.6 Å². The zero-order chi connectivity index (χ0) is 25.5. The number of anilines is 1. The Labute approximate surface area is 205 Å². The van der Waals surface area contributed by atoms with Crippen molar-refractivity contribution in [2.24, 2.45) is 0 Å². The van der Waals surface area contributed by atoms with Crippen LogP contribution in [0.25, 0.3) is 0 Å². The zero-order valence-corrected chi connectivity index (χ0v) is 20.4. The summed E-state index contributed by atoms with van der Waals surface area (Å²) in [6.45, 7) is 10.6. The van der Waals surface area contributed by atoms with Crippen LogP contribution >= 0.6 is 0 Å². The van der Waals surface area contributed by atoms with Crippen LogP contribution in [-0.2, 0) is 22.5 Å². The molecule has 0 aliphatic rings. The first-order chi connectivity index (χ1) is 16.9. The van der Waals surface area contributed by atoms with Gasteiger partial charge in [-0.1, -0.05) is 36.9 Å². The Bertz CT molecular complexity index is 1060.